The summed E-state index contributed by atoms with van der Waals surface area (Å²) in [6, 6.07) is 6.70. The molecule has 1 nitrogen and oxygen atoms in total. The summed E-state index contributed by atoms with van der Waals surface area (Å²) in [5.41, 5.74) is 10.4. The molecule has 0 spiro atoms. The molecule has 3 atom stereocenters. The molecule has 1 heteroatoms. The van der Waals surface area contributed by atoms with Crippen LogP contribution in [0.2, 0.25) is 0 Å². The maximum atomic E-state index is 6.15. The van der Waals surface area contributed by atoms with Crippen molar-refractivity contribution in [2.75, 3.05) is 0 Å². The molecule has 2 rings (SSSR count). The minimum Gasteiger partial charge on any atom is -0.324 e. The zero-order valence-corrected chi connectivity index (χ0v) is 8.54. The summed E-state index contributed by atoms with van der Waals surface area (Å²) in [5, 5.41) is 0. The maximum absolute atomic E-state index is 6.15. The first-order chi connectivity index (χ1) is 6.13. The minimum absolute atomic E-state index is 0.241. The standard InChI is InChI=1S/C12H17N/c1-7-5-4-6-10-11(7)8(2)9(3)12(10)13/h4-6,8-9,12H,13H2,1-3H3. The van der Waals surface area contributed by atoms with Gasteiger partial charge < -0.3 is 5.73 Å². The molecule has 70 valence electrons. The number of fused-ring (bicyclic) bond motifs is 1. The molecule has 0 aromatic heterocycles. The first-order valence-electron chi connectivity index (χ1n) is 4.98. The third-order valence-corrected chi connectivity index (χ3v) is 3.53. The van der Waals surface area contributed by atoms with Crippen molar-refractivity contribution in [3.63, 3.8) is 0 Å². The van der Waals surface area contributed by atoms with Gasteiger partial charge in [-0.25, -0.2) is 0 Å². The van der Waals surface area contributed by atoms with E-state index in [9.17, 15) is 0 Å². The molecular formula is C12H17N. The Bertz CT molecular complexity index is 330. The first-order valence-corrected chi connectivity index (χ1v) is 4.98. The van der Waals surface area contributed by atoms with Crippen molar-refractivity contribution in [2.24, 2.45) is 11.7 Å². The highest BCUT2D eigenvalue weighted by Gasteiger charge is 2.33. The molecule has 0 fully saturated rings. The lowest BCUT2D eigenvalue weighted by Gasteiger charge is -2.13. The third kappa shape index (κ3) is 1.11. The quantitative estimate of drug-likeness (QED) is 0.644. The van der Waals surface area contributed by atoms with Crippen LogP contribution in [0, 0.1) is 12.8 Å². The van der Waals surface area contributed by atoms with Gasteiger partial charge in [0.2, 0.25) is 0 Å². The molecule has 0 heterocycles. The average molecular weight is 175 g/mol. The normalized spacial score (nSPS) is 31.8. The number of aryl methyl sites for hydroxylation is 1. The lowest BCUT2D eigenvalue weighted by atomic mass is 9.93. The molecule has 1 aliphatic rings. The van der Waals surface area contributed by atoms with E-state index in [4.69, 9.17) is 5.73 Å². The van der Waals surface area contributed by atoms with Gasteiger partial charge in [-0.2, -0.15) is 0 Å². The summed E-state index contributed by atoms with van der Waals surface area (Å²) in [7, 11) is 0. The van der Waals surface area contributed by atoms with Crippen LogP contribution >= 0.6 is 0 Å². The first kappa shape index (κ1) is 8.76. The molecule has 1 aliphatic carbocycles. The Hall–Kier alpha value is -0.820. The van der Waals surface area contributed by atoms with Crippen LogP contribution in [0.3, 0.4) is 0 Å². The fourth-order valence-electron chi connectivity index (χ4n) is 2.47. The third-order valence-electron chi connectivity index (χ3n) is 3.53. The van der Waals surface area contributed by atoms with Gasteiger partial charge in [-0.05, 0) is 35.4 Å². The van der Waals surface area contributed by atoms with E-state index in [0.717, 1.165) is 0 Å². The lowest BCUT2D eigenvalue weighted by Crippen LogP contribution is -2.14. The Labute approximate surface area is 80.0 Å². The monoisotopic (exact) mass is 175 g/mol. The smallest absolute Gasteiger partial charge is 0.0329 e. The highest BCUT2D eigenvalue weighted by molar-refractivity contribution is 5.43. The second-order valence-corrected chi connectivity index (χ2v) is 4.25. The van der Waals surface area contributed by atoms with Gasteiger partial charge in [-0.3, -0.25) is 0 Å². The number of rotatable bonds is 0. The zero-order valence-electron chi connectivity index (χ0n) is 8.54. The maximum Gasteiger partial charge on any atom is 0.0329 e. The molecule has 13 heavy (non-hydrogen) atoms. The van der Waals surface area contributed by atoms with Crippen molar-refractivity contribution in [3.8, 4) is 0 Å². The molecule has 2 N–H and O–H groups in total. The van der Waals surface area contributed by atoms with E-state index in [-0.39, 0.29) is 6.04 Å². The highest BCUT2D eigenvalue weighted by Crippen LogP contribution is 2.44. The largest absolute Gasteiger partial charge is 0.324 e. The van der Waals surface area contributed by atoms with Gasteiger partial charge in [0, 0.05) is 6.04 Å². The number of hydrogen-bond acceptors (Lipinski definition) is 1. The van der Waals surface area contributed by atoms with Crippen molar-refractivity contribution < 1.29 is 0 Å². The van der Waals surface area contributed by atoms with E-state index < -0.39 is 0 Å². The topological polar surface area (TPSA) is 26.0 Å². The second-order valence-electron chi connectivity index (χ2n) is 4.25. The van der Waals surface area contributed by atoms with Gasteiger partial charge in [0.05, 0.1) is 0 Å². The van der Waals surface area contributed by atoms with Crippen LogP contribution < -0.4 is 5.73 Å². The summed E-state index contributed by atoms with van der Waals surface area (Å²) >= 11 is 0. The summed E-state index contributed by atoms with van der Waals surface area (Å²) in [6.45, 7) is 6.71. The van der Waals surface area contributed by atoms with E-state index in [2.05, 4.69) is 39.0 Å². The second kappa shape index (κ2) is 2.85. The van der Waals surface area contributed by atoms with Gasteiger partial charge in [-0.1, -0.05) is 32.0 Å². The van der Waals surface area contributed by atoms with Crippen molar-refractivity contribution >= 4 is 0 Å². The predicted molar refractivity (Wildman–Crippen MR) is 55.7 cm³/mol. The molecule has 0 amide bonds. The summed E-state index contributed by atoms with van der Waals surface area (Å²) in [5.74, 6) is 1.20. The van der Waals surface area contributed by atoms with Crippen molar-refractivity contribution in [1.82, 2.24) is 0 Å². The van der Waals surface area contributed by atoms with Gasteiger partial charge in [0.15, 0.2) is 0 Å². The molecule has 0 saturated heterocycles. The number of hydrogen-bond donors (Lipinski definition) is 1. The van der Waals surface area contributed by atoms with E-state index in [1.807, 2.05) is 0 Å². The van der Waals surface area contributed by atoms with Crippen LogP contribution in [-0.4, -0.2) is 0 Å². The fourth-order valence-corrected chi connectivity index (χ4v) is 2.47. The van der Waals surface area contributed by atoms with E-state index in [1.54, 1.807) is 0 Å². The van der Waals surface area contributed by atoms with E-state index in [0.29, 0.717) is 11.8 Å². The van der Waals surface area contributed by atoms with Crippen LogP contribution in [0.1, 0.15) is 42.5 Å². The Morgan fingerprint density at radius 1 is 1.23 bits per heavy atom. The molecular weight excluding hydrogens is 158 g/mol. The predicted octanol–water partition coefficient (Wildman–Crippen LogP) is 2.75. The highest BCUT2D eigenvalue weighted by atomic mass is 14.7. The van der Waals surface area contributed by atoms with Crippen LogP contribution in [0.15, 0.2) is 18.2 Å². The van der Waals surface area contributed by atoms with Gasteiger partial charge in [-0.15, -0.1) is 0 Å². The molecule has 1 aromatic rings. The summed E-state index contributed by atoms with van der Waals surface area (Å²) in [6.07, 6.45) is 0. The van der Waals surface area contributed by atoms with Gasteiger partial charge >= 0.3 is 0 Å². The van der Waals surface area contributed by atoms with Crippen molar-refractivity contribution in [2.45, 2.75) is 32.7 Å². The van der Waals surface area contributed by atoms with E-state index in [1.165, 1.54) is 16.7 Å². The van der Waals surface area contributed by atoms with Crippen LogP contribution in [0.5, 0.6) is 0 Å². The molecule has 1 aromatic carbocycles. The lowest BCUT2D eigenvalue weighted by molar-refractivity contribution is 0.450. The Kier molecular flexibility index (Phi) is 1.92. The van der Waals surface area contributed by atoms with Crippen molar-refractivity contribution in [1.29, 1.82) is 0 Å². The number of nitrogens with two attached hydrogens (primary N) is 1. The SMILES string of the molecule is Cc1cccc2c1C(C)C(C)C2N. The Morgan fingerprint density at radius 2 is 1.92 bits per heavy atom. The van der Waals surface area contributed by atoms with Crippen LogP contribution in [0.25, 0.3) is 0 Å². The van der Waals surface area contributed by atoms with Crippen molar-refractivity contribution in [3.05, 3.63) is 34.9 Å². The van der Waals surface area contributed by atoms with Crippen LogP contribution in [0.4, 0.5) is 0 Å². The van der Waals surface area contributed by atoms with Gasteiger partial charge in [0.1, 0.15) is 0 Å². The minimum atomic E-state index is 0.241. The Balaban J connectivity index is 2.60. The molecule has 0 saturated carbocycles. The van der Waals surface area contributed by atoms with Gasteiger partial charge in [0.25, 0.3) is 0 Å². The molecule has 3 unspecified atom stereocenters. The molecule has 0 bridgehead atoms. The molecule has 0 radical (unpaired) electrons. The van der Waals surface area contributed by atoms with Crippen LogP contribution in [-0.2, 0) is 0 Å². The average Bonchev–Trinajstić information content (AvgIpc) is 2.33. The molecule has 0 aliphatic heterocycles. The van der Waals surface area contributed by atoms with E-state index >= 15 is 0 Å². The zero-order chi connectivity index (χ0) is 9.59. The summed E-state index contributed by atoms with van der Waals surface area (Å²) < 4.78 is 0. The Morgan fingerprint density at radius 3 is 2.54 bits per heavy atom. The fraction of sp³-hybridized carbons (Fsp3) is 0.500. The number of benzene rings is 1. The summed E-state index contributed by atoms with van der Waals surface area (Å²) in [4.78, 5) is 0.